The molecule has 0 radical (unpaired) electrons. The first kappa shape index (κ1) is 9.74. The van der Waals surface area contributed by atoms with Crippen LogP contribution in [-0.2, 0) is 0 Å². The van der Waals surface area contributed by atoms with E-state index in [-0.39, 0.29) is 6.04 Å². The Balaban J connectivity index is 3.04. The van der Waals surface area contributed by atoms with Crippen LogP contribution < -0.4 is 11.5 Å². The van der Waals surface area contributed by atoms with Crippen LogP contribution in [0.3, 0.4) is 0 Å². The summed E-state index contributed by atoms with van der Waals surface area (Å²) in [5.41, 5.74) is 11.5. The minimum absolute atomic E-state index is 0.299. The van der Waals surface area contributed by atoms with Crippen molar-refractivity contribution in [1.82, 2.24) is 4.98 Å². The van der Waals surface area contributed by atoms with E-state index in [4.69, 9.17) is 34.7 Å². The largest absolute Gasteiger partial charge is 0.329 e. The quantitative estimate of drug-likeness (QED) is 0.717. The third kappa shape index (κ3) is 2.08. The van der Waals surface area contributed by atoms with Crippen molar-refractivity contribution in [2.45, 2.75) is 6.04 Å². The van der Waals surface area contributed by atoms with Crippen LogP contribution in [-0.4, -0.2) is 11.5 Å². The van der Waals surface area contributed by atoms with Crippen LogP contribution in [0.25, 0.3) is 0 Å². The lowest BCUT2D eigenvalue weighted by Gasteiger charge is -2.09. The van der Waals surface area contributed by atoms with Crippen LogP contribution in [0.1, 0.15) is 11.7 Å². The predicted octanol–water partition coefficient (Wildman–Crippen LogP) is 1.35. The van der Waals surface area contributed by atoms with Crippen LogP contribution in [0.15, 0.2) is 12.1 Å². The highest BCUT2D eigenvalue weighted by Crippen LogP contribution is 2.20. The molecule has 1 aromatic heterocycles. The zero-order valence-electron chi connectivity index (χ0n) is 6.30. The number of halogens is 2. The Morgan fingerprint density at radius 1 is 1.42 bits per heavy atom. The molecule has 0 bridgehead atoms. The first-order valence-corrected chi connectivity index (χ1v) is 4.18. The van der Waals surface area contributed by atoms with Gasteiger partial charge in [-0.1, -0.05) is 23.2 Å². The summed E-state index contributed by atoms with van der Waals surface area (Å²) in [5.74, 6) is 0. The molecule has 66 valence electrons. The number of nitrogens with two attached hydrogens (primary N) is 2. The van der Waals surface area contributed by atoms with Crippen molar-refractivity contribution < 1.29 is 0 Å². The van der Waals surface area contributed by atoms with Crippen LogP contribution in [0.4, 0.5) is 0 Å². The molecule has 1 unspecified atom stereocenters. The number of aromatic nitrogens is 1. The van der Waals surface area contributed by atoms with Gasteiger partial charge in [0.2, 0.25) is 0 Å². The van der Waals surface area contributed by atoms with E-state index in [1.165, 1.54) is 0 Å². The molecule has 0 spiro atoms. The Morgan fingerprint density at radius 3 is 2.67 bits per heavy atom. The van der Waals surface area contributed by atoms with E-state index in [1.54, 1.807) is 12.1 Å². The first-order valence-electron chi connectivity index (χ1n) is 3.42. The lowest BCUT2D eigenvalue weighted by molar-refractivity contribution is 0.711. The minimum Gasteiger partial charge on any atom is -0.329 e. The molecule has 0 aliphatic carbocycles. The zero-order valence-corrected chi connectivity index (χ0v) is 7.81. The molecule has 4 N–H and O–H groups in total. The van der Waals surface area contributed by atoms with Gasteiger partial charge in [-0.15, -0.1) is 0 Å². The molecule has 0 aliphatic rings. The second-order valence-corrected chi connectivity index (χ2v) is 3.14. The van der Waals surface area contributed by atoms with Gasteiger partial charge in [0.1, 0.15) is 5.15 Å². The number of nitrogens with zero attached hydrogens (tertiary/aromatic N) is 1. The smallest absolute Gasteiger partial charge is 0.129 e. The lowest BCUT2D eigenvalue weighted by Crippen LogP contribution is -2.22. The third-order valence-corrected chi connectivity index (χ3v) is 1.97. The molecule has 0 aliphatic heterocycles. The molecule has 5 heteroatoms. The fraction of sp³-hybridized carbons (Fsp3) is 0.286. The van der Waals surface area contributed by atoms with Crippen molar-refractivity contribution in [3.05, 3.63) is 28.0 Å². The molecular weight excluding hydrogens is 197 g/mol. The van der Waals surface area contributed by atoms with Gasteiger partial charge in [0.05, 0.1) is 16.8 Å². The SMILES string of the molecule is NCC(N)c1nc(Cl)ccc1Cl. The topological polar surface area (TPSA) is 64.9 Å². The third-order valence-electron chi connectivity index (χ3n) is 1.44. The van der Waals surface area contributed by atoms with Gasteiger partial charge in [-0.05, 0) is 12.1 Å². The van der Waals surface area contributed by atoms with E-state index in [2.05, 4.69) is 4.98 Å². The normalized spacial score (nSPS) is 13.0. The Bertz CT molecular complexity index is 277. The highest BCUT2D eigenvalue weighted by molar-refractivity contribution is 6.32. The van der Waals surface area contributed by atoms with Crippen molar-refractivity contribution in [1.29, 1.82) is 0 Å². The zero-order chi connectivity index (χ0) is 9.14. The summed E-state index contributed by atoms with van der Waals surface area (Å²) in [7, 11) is 0. The van der Waals surface area contributed by atoms with Crippen molar-refractivity contribution in [2.24, 2.45) is 11.5 Å². The fourth-order valence-corrected chi connectivity index (χ4v) is 1.20. The van der Waals surface area contributed by atoms with E-state index < -0.39 is 0 Å². The maximum Gasteiger partial charge on any atom is 0.129 e. The summed E-state index contributed by atoms with van der Waals surface area (Å²) in [6.45, 7) is 0.299. The summed E-state index contributed by atoms with van der Waals surface area (Å²) in [6.07, 6.45) is 0. The molecule has 3 nitrogen and oxygen atoms in total. The van der Waals surface area contributed by atoms with Crippen molar-refractivity contribution in [2.75, 3.05) is 6.54 Å². The lowest BCUT2D eigenvalue weighted by atomic mass is 10.2. The summed E-state index contributed by atoms with van der Waals surface area (Å²) < 4.78 is 0. The maximum atomic E-state index is 5.81. The molecular formula is C7H9Cl2N3. The second-order valence-electron chi connectivity index (χ2n) is 2.34. The van der Waals surface area contributed by atoms with Crippen LogP contribution in [0.5, 0.6) is 0 Å². The average Bonchev–Trinajstić information content (AvgIpc) is 2.08. The molecule has 0 amide bonds. The minimum atomic E-state index is -0.351. The molecule has 0 saturated heterocycles. The number of hydrogen-bond acceptors (Lipinski definition) is 3. The van der Waals surface area contributed by atoms with Crippen LogP contribution in [0, 0.1) is 0 Å². The number of hydrogen-bond donors (Lipinski definition) is 2. The van der Waals surface area contributed by atoms with Gasteiger partial charge in [-0.3, -0.25) is 0 Å². The highest BCUT2D eigenvalue weighted by Gasteiger charge is 2.10. The summed E-state index contributed by atoms with van der Waals surface area (Å²) in [6, 6.07) is 2.91. The molecule has 0 saturated carbocycles. The summed E-state index contributed by atoms with van der Waals surface area (Å²) in [5, 5.41) is 0.871. The molecule has 1 aromatic rings. The van der Waals surface area contributed by atoms with Crippen molar-refractivity contribution in [3.63, 3.8) is 0 Å². The molecule has 1 rings (SSSR count). The Hall–Kier alpha value is -0.350. The molecule has 1 atom stereocenters. The van der Waals surface area contributed by atoms with E-state index in [0.717, 1.165) is 0 Å². The Morgan fingerprint density at radius 2 is 2.08 bits per heavy atom. The maximum absolute atomic E-state index is 5.81. The highest BCUT2D eigenvalue weighted by atomic mass is 35.5. The van der Waals surface area contributed by atoms with Gasteiger partial charge < -0.3 is 11.5 Å². The van der Waals surface area contributed by atoms with Gasteiger partial charge in [-0.2, -0.15) is 0 Å². The predicted molar refractivity (Wildman–Crippen MR) is 50.2 cm³/mol. The number of rotatable bonds is 2. The summed E-state index contributed by atoms with van der Waals surface area (Å²) in [4.78, 5) is 3.97. The average molecular weight is 206 g/mol. The van der Waals surface area contributed by atoms with E-state index >= 15 is 0 Å². The van der Waals surface area contributed by atoms with Crippen LogP contribution >= 0.6 is 23.2 Å². The van der Waals surface area contributed by atoms with E-state index in [9.17, 15) is 0 Å². The molecule has 0 aromatic carbocycles. The van der Waals surface area contributed by atoms with Gasteiger partial charge in [0.15, 0.2) is 0 Å². The van der Waals surface area contributed by atoms with E-state index in [0.29, 0.717) is 22.4 Å². The fourth-order valence-electron chi connectivity index (χ4n) is 0.805. The Kier molecular flexibility index (Phi) is 3.29. The molecule has 0 fully saturated rings. The van der Waals surface area contributed by atoms with Gasteiger partial charge in [0.25, 0.3) is 0 Å². The van der Waals surface area contributed by atoms with Gasteiger partial charge in [-0.25, -0.2) is 4.98 Å². The van der Waals surface area contributed by atoms with Crippen molar-refractivity contribution in [3.8, 4) is 0 Å². The van der Waals surface area contributed by atoms with Gasteiger partial charge in [0, 0.05) is 6.54 Å². The first-order chi connectivity index (χ1) is 5.65. The molecule has 12 heavy (non-hydrogen) atoms. The standard InChI is InChI=1S/C7H9Cl2N3/c8-4-1-2-6(9)12-7(4)5(11)3-10/h1-2,5H,3,10-11H2. The monoisotopic (exact) mass is 205 g/mol. The number of pyridine rings is 1. The molecule has 1 heterocycles. The summed E-state index contributed by atoms with van der Waals surface area (Å²) >= 11 is 11.5. The van der Waals surface area contributed by atoms with E-state index in [1.807, 2.05) is 0 Å². The van der Waals surface area contributed by atoms with Crippen LogP contribution in [0.2, 0.25) is 10.2 Å². The Labute approximate surface area is 80.7 Å². The second kappa shape index (κ2) is 4.05. The van der Waals surface area contributed by atoms with Gasteiger partial charge >= 0.3 is 0 Å². The van der Waals surface area contributed by atoms with Crippen molar-refractivity contribution >= 4 is 23.2 Å².